The number of ether oxygens (including phenoxy) is 4. The maximum atomic E-state index is 11.2. The zero-order valence-corrected chi connectivity index (χ0v) is 14.1. The van der Waals surface area contributed by atoms with E-state index in [1.54, 1.807) is 30.3 Å². The molecule has 0 radical (unpaired) electrons. The molecule has 126 valence electrons. The Morgan fingerprint density at radius 1 is 0.875 bits per heavy atom. The van der Waals surface area contributed by atoms with Crippen LogP contribution in [0.4, 0.5) is 0 Å². The third-order valence-corrected chi connectivity index (χ3v) is 3.78. The van der Waals surface area contributed by atoms with Crippen molar-refractivity contribution >= 4 is 0 Å². The molecule has 0 aliphatic heterocycles. The van der Waals surface area contributed by atoms with Gasteiger partial charge < -0.3 is 24.1 Å². The van der Waals surface area contributed by atoms with E-state index in [4.69, 9.17) is 25.4 Å². The van der Waals surface area contributed by atoms with E-state index in [0.29, 0.717) is 28.4 Å². The van der Waals surface area contributed by atoms with Gasteiger partial charge in [-0.25, -0.2) is 0 Å². The molecule has 2 aromatic carbocycles. The summed E-state index contributed by atoms with van der Waals surface area (Å²) >= 11 is 0. The summed E-state index contributed by atoms with van der Waals surface area (Å²) in [5.41, 5.74) is -0.868. The average molecular weight is 328 g/mol. The highest BCUT2D eigenvalue weighted by atomic mass is 16.5. The van der Waals surface area contributed by atoms with Gasteiger partial charge in [-0.15, -0.1) is 6.42 Å². The molecule has 0 aliphatic carbocycles. The molecule has 0 heterocycles. The Kier molecular flexibility index (Phi) is 5.22. The summed E-state index contributed by atoms with van der Waals surface area (Å²) < 4.78 is 21.6. The van der Waals surface area contributed by atoms with Crippen LogP contribution in [0.15, 0.2) is 36.4 Å². The second-order valence-electron chi connectivity index (χ2n) is 4.95. The number of hydrogen-bond acceptors (Lipinski definition) is 5. The lowest BCUT2D eigenvalue weighted by Gasteiger charge is -2.27. The molecule has 0 spiro atoms. The number of aliphatic hydroxyl groups is 1. The lowest BCUT2D eigenvalue weighted by atomic mass is 9.86. The first-order valence-corrected chi connectivity index (χ1v) is 7.20. The number of hydrogen-bond donors (Lipinski definition) is 1. The molecule has 0 amide bonds. The summed E-state index contributed by atoms with van der Waals surface area (Å²) in [6, 6.07) is 10.5. The van der Waals surface area contributed by atoms with Gasteiger partial charge in [-0.1, -0.05) is 36.3 Å². The quantitative estimate of drug-likeness (QED) is 0.826. The summed E-state index contributed by atoms with van der Waals surface area (Å²) in [5, 5.41) is 11.2. The van der Waals surface area contributed by atoms with Gasteiger partial charge in [0.25, 0.3) is 0 Å². The van der Waals surface area contributed by atoms with E-state index < -0.39 is 5.60 Å². The van der Waals surface area contributed by atoms with E-state index in [1.165, 1.54) is 28.4 Å². The third-order valence-electron chi connectivity index (χ3n) is 3.78. The Hall–Kier alpha value is -2.84. The molecule has 0 saturated carbocycles. The van der Waals surface area contributed by atoms with Gasteiger partial charge in [0.1, 0.15) is 0 Å². The Labute approximate surface area is 141 Å². The van der Waals surface area contributed by atoms with Crippen LogP contribution in [-0.2, 0) is 5.60 Å². The van der Waals surface area contributed by atoms with Crippen LogP contribution in [0.3, 0.4) is 0 Å². The first-order valence-electron chi connectivity index (χ1n) is 7.20. The van der Waals surface area contributed by atoms with E-state index in [-0.39, 0.29) is 5.75 Å². The molecule has 0 aromatic heterocycles. The van der Waals surface area contributed by atoms with Crippen LogP contribution in [0.5, 0.6) is 23.0 Å². The Bertz CT molecular complexity index is 749. The molecule has 0 aliphatic rings. The summed E-state index contributed by atoms with van der Waals surface area (Å²) in [7, 11) is 5.92. The Morgan fingerprint density at radius 3 is 1.92 bits per heavy atom. The second kappa shape index (κ2) is 7.16. The summed E-state index contributed by atoms with van der Waals surface area (Å²) in [6.07, 6.45) is 5.68. The highest BCUT2D eigenvalue weighted by Gasteiger charge is 2.36. The van der Waals surface area contributed by atoms with Gasteiger partial charge in [0.2, 0.25) is 11.5 Å². The number of benzene rings is 2. The van der Waals surface area contributed by atoms with Gasteiger partial charge in [-0.2, -0.15) is 0 Å². The fourth-order valence-electron chi connectivity index (χ4n) is 2.60. The zero-order valence-electron chi connectivity index (χ0n) is 14.1. The second-order valence-corrected chi connectivity index (χ2v) is 4.95. The van der Waals surface area contributed by atoms with E-state index >= 15 is 0 Å². The molecule has 1 unspecified atom stereocenters. The van der Waals surface area contributed by atoms with Gasteiger partial charge in [0.05, 0.1) is 34.0 Å². The molecular weight excluding hydrogens is 308 g/mol. The molecule has 1 N–H and O–H groups in total. The normalized spacial score (nSPS) is 12.7. The summed E-state index contributed by atoms with van der Waals surface area (Å²) in [6.45, 7) is 0. The van der Waals surface area contributed by atoms with Crippen LogP contribution in [0.25, 0.3) is 0 Å². The monoisotopic (exact) mass is 328 g/mol. The van der Waals surface area contributed by atoms with Gasteiger partial charge >= 0.3 is 0 Å². The summed E-state index contributed by atoms with van der Waals surface area (Å²) in [4.78, 5) is 0. The minimum atomic E-state index is -1.72. The van der Waals surface area contributed by atoms with Crippen molar-refractivity contribution in [3.05, 3.63) is 47.5 Å². The maximum Gasteiger partial charge on any atom is 0.207 e. The third kappa shape index (κ3) is 2.72. The van der Waals surface area contributed by atoms with Gasteiger partial charge in [0.15, 0.2) is 17.1 Å². The number of terminal acetylenes is 1. The van der Waals surface area contributed by atoms with E-state index in [1.807, 2.05) is 6.07 Å². The number of rotatable bonds is 6. The smallest absolute Gasteiger partial charge is 0.207 e. The van der Waals surface area contributed by atoms with E-state index in [0.717, 1.165) is 0 Å². The van der Waals surface area contributed by atoms with Crippen molar-refractivity contribution in [3.8, 4) is 35.3 Å². The van der Waals surface area contributed by atoms with Crippen LogP contribution >= 0.6 is 0 Å². The maximum absolute atomic E-state index is 11.2. The number of methoxy groups -OCH3 is 4. The van der Waals surface area contributed by atoms with Crippen LogP contribution < -0.4 is 18.9 Å². The van der Waals surface area contributed by atoms with Crippen LogP contribution in [0, 0.1) is 12.3 Å². The molecule has 0 bridgehead atoms. The fraction of sp³-hybridized carbons (Fsp3) is 0.263. The average Bonchev–Trinajstić information content (AvgIpc) is 2.65. The van der Waals surface area contributed by atoms with Crippen molar-refractivity contribution in [1.82, 2.24) is 0 Å². The molecule has 2 aromatic rings. The SMILES string of the molecule is C#CC(O)(c1ccccc1)c1cc(OC)c(OC)c(OC)c1OC. The molecule has 5 heteroatoms. The van der Waals surface area contributed by atoms with Crippen molar-refractivity contribution in [2.24, 2.45) is 0 Å². The topological polar surface area (TPSA) is 57.2 Å². The first kappa shape index (κ1) is 17.5. The summed E-state index contributed by atoms with van der Waals surface area (Å²) in [5.74, 6) is 3.74. The molecular formula is C19H20O5. The van der Waals surface area contributed by atoms with Crippen LogP contribution in [-0.4, -0.2) is 33.5 Å². The van der Waals surface area contributed by atoms with Crippen molar-refractivity contribution in [2.45, 2.75) is 5.60 Å². The minimum absolute atomic E-state index is 0.277. The van der Waals surface area contributed by atoms with Crippen molar-refractivity contribution < 1.29 is 24.1 Å². The molecule has 0 saturated heterocycles. The van der Waals surface area contributed by atoms with Crippen molar-refractivity contribution in [3.63, 3.8) is 0 Å². The lowest BCUT2D eigenvalue weighted by Crippen LogP contribution is -2.26. The standard InChI is InChI=1S/C19H20O5/c1-6-19(20,13-10-8-7-9-11-13)14-12-15(21-2)17(23-4)18(24-5)16(14)22-3/h1,7-12,20H,2-5H3. The highest BCUT2D eigenvalue weighted by molar-refractivity contribution is 5.66. The first-order chi connectivity index (χ1) is 11.6. The van der Waals surface area contributed by atoms with E-state index in [2.05, 4.69) is 5.92 Å². The minimum Gasteiger partial charge on any atom is -0.493 e. The molecule has 24 heavy (non-hydrogen) atoms. The van der Waals surface area contributed by atoms with Gasteiger partial charge in [-0.3, -0.25) is 0 Å². The van der Waals surface area contributed by atoms with Crippen molar-refractivity contribution in [2.75, 3.05) is 28.4 Å². The molecule has 1 atom stereocenters. The highest BCUT2D eigenvalue weighted by Crippen LogP contribution is 2.50. The van der Waals surface area contributed by atoms with Gasteiger partial charge in [-0.05, 0) is 6.07 Å². The predicted molar refractivity (Wildman–Crippen MR) is 90.9 cm³/mol. The van der Waals surface area contributed by atoms with Crippen LogP contribution in [0.1, 0.15) is 11.1 Å². The zero-order chi connectivity index (χ0) is 17.7. The lowest BCUT2D eigenvalue weighted by molar-refractivity contribution is 0.140. The van der Waals surface area contributed by atoms with Gasteiger partial charge in [0, 0.05) is 5.56 Å². The fourth-order valence-corrected chi connectivity index (χ4v) is 2.60. The van der Waals surface area contributed by atoms with E-state index in [9.17, 15) is 5.11 Å². The molecule has 0 fully saturated rings. The molecule has 5 nitrogen and oxygen atoms in total. The molecule has 2 rings (SSSR count). The largest absolute Gasteiger partial charge is 0.493 e. The Balaban J connectivity index is 2.84. The predicted octanol–water partition coefficient (Wildman–Crippen LogP) is 2.59. The Morgan fingerprint density at radius 2 is 1.46 bits per heavy atom. The van der Waals surface area contributed by atoms with Crippen LogP contribution in [0.2, 0.25) is 0 Å². The van der Waals surface area contributed by atoms with Crippen molar-refractivity contribution in [1.29, 1.82) is 0 Å².